The van der Waals surface area contributed by atoms with Gasteiger partial charge in [-0.15, -0.1) is 0 Å². The normalized spacial score (nSPS) is 12.4. The summed E-state index contributed by atoms with van der Waals surface area (Å²) >= 11 is 0. The van der Waals surface area contributed by atoms with Gasteiger partial charge in [0.25, 0.3) is 0 Å². The first kappa shape index (κ1) is 40.5. The number of nitrogens with one attached hydrogen (secondary N) is 2. The minimum Gasteiger partial charge on any atom is -0.329 e. The highest BCUT2D eigenvalue weighted by Crippen LogP contribution is 1.99. The number of rotatable bonds is 32. The highest BCUT2D eigenvalue weighted by Gasteiger charge is 2.13. The van der Waals surface area contributed by atoms with Crippen LogP contribution >= 0.6 is 0 Å². The lowest BCUT2D eigenvalue weighted by Gasteiger charge is -2.31. The van der Waals surface area contributed by atoms with Crippen LogP contribution in [0.2, 0.25) is 0 Å². The SMILES string of the molecule is CC(C)CN(CCN)CCNCCN(CCN(CCN)CCN)CCN(CCNCCN)CCN(CCN)CCN. The van der Waals surface area contributed by atoms with E-state index in [2.05, 4.69) is 49.0 Å². The van der Waals surface area contributed by atoms with Gasteiger partial charge in [0.15, 0.2) is 0 Å². The molecule has 0 aromatic heterocycles. The molecule has 0 fully saturated rings. The third-order valence-electron chi connectivity index (χ3n) is 7.18. The number of nitrogens with two attached hydrogens (primary N) is 6. The van der Waals surface area contributed by atoms with E-state index in [1.54, 1.807) is 0 Å². The van der Waals surface area contributed by atoms with Crippen molar-refractivity contribution >= 4 is 0 Å². The van der Waals surface area contributed by atoms with Crippen LogP contribution in [0.4, 0.5) is 0 Å². The molecule has 0 saturated heterocycles. The Morgan fingerprint density at radius 2 is 0.659 bits per heavy atom. The van der Waals surface area contributed by atoms with E-state index in [1.165, 1.54) is 0 Å². The van der Waals surface area contributed by atoms with Gasteiger partial charge < -0.3 is 49.9 Å². The summed E-state index contributed by atoms with van der Waals surface area (Å²) in [5.74, 6) is 0.646. The maximum absolute atomic E-state index is 5.86. The van der Waals surface area contributed by atoms with Crippen molar-refractivity contribution in [2.24, 2.45) is 40.3 Å². The van der Waals surface area contributed by atoms with Crippen molar-refractivity contribution in [3.8, 4) is 0 Å². The second kappa shape index (κ2) is 29.5. The molecule has 0 aliphatic carbocycles. The Hall–Kier alpha value is -0.520. The fraction of sp³-hybridized carbons (Fsp3) is 1.00. The van der Waals surface area contributed by atoms with Gasteiger partial charge in [-0.3, -0.25) is 19.6 Å². The van der Waals surface area contributed by atoms with E-state index in [0.29, 0.717) is 45.2 Å². The highest BCUT2D eigenvalue weighted by molar-refractivity contribution is 4.72. The molecule has 248 valence electrons. The van der Waals surface area contributed by atoms with Gasteiger partial charge in [-0.1, -0.05) is 13.8 Å². The minimum atomic E-state index is 0.646. The lowest BCUT2D eigenvalue weighted by atomic mass is 10.2. The van der Waals surface area contributed by atoms with Crippen LogP contribution in [-0.4, -0.2) is 188 Å². The van der Waals surface area contributed by atoms with Crippen molar-refractivity contribution in [1.82, 2.24) is 35.1 Å². The molecule has 0 unspecified atom stereocenters. The Labute approximate surface area is 253 Å². The summed E-state index contributed by atoms with van der Waals surface area (Å²) in [6.07, 6.45) is 0. The zero-order chi connectivity index (χ0) is 30.6. The highest BCUT2D eigenvalue weighted by atomic mass is 15.3. The molecule has 0 spiro atoms. The second-order valence-corrected chi connectivity index (χ2v) is 11.3. The molecule has 41 heavy (non-hydrogen) atoms. The molecule has 0 radical (unpaired) electrons. The molecule has 13 heteroatoms. The quantitative estimate of drug-likeness (QED) is 0.0355. The Kier molecular flexibility index (Phi) is 29.2. The van der Waals surface area contributed by atoms with Crippen LogP contribution in [0.1, 0.15) is 13.8 Å². The largest absolute Gasteiger partial charge is 0.329 e. The Balaban J connectivity index is 5.08. The number of nitrogens with zero attached hydrogens (tertiary/aromatic N) is 5. The van der Waals surface area contributed by atoms with E-state index in [4.69, 9.17) is 34.4 Å². The summed E-state index contributed by atoms with van der Waals surface area (Å²) in [7, 11) is 0. The van der Waals surface area contributed by atoms with E-state index >= 15 is 0 Å². The molecule has 0 aromatic rings. The summed E-state index contributed by atoms with van der Waals surface area (Å²) in [6.45, 7) is 26.8. The van der Waals surface area contributed by atoms with Crippen LogP contribution in [-0.2, 0) is 0 Å². The smallest absolute Gasteiger partial charge is 0.0110 e. The fourth-order valence-corrected chi connectivity index (χ4v) is 4.98. The standard InChI is InChI=1S/C28H71N13/c1-28(2)27-41(17-8-34)20-12-36-11-19-40(24-22-38(15-6-32)16-7-33)26-25-39(18-10-35-9-3-29)23-21-37(13-4-30)14-5-31/h28,35-36H,3-27,29-34H2,1-2H3. The summed E-state index contributed by atoms with van der Waals surface area (Å²) in [5.41, 5.74) is 34.9. The zero-order valence-corrected chi connectivity index (χ0v) is 27.0. The van der Waals surface area contributed by atoms with Crippen molar-refractivity contribution < 1.29 is 0 Å². The van der Waals surface area contributed by atoms with Gasteiger partial charge in [-0.2, -0.15) is 0 Å². The molecular weight excluding hydrogens is 518 g/mol. The van der Waals surface area contributed by atoms with Gasteiger partial charge >= 0.3 is 0 Å². The van der Waals surface area contributed by atoms with Crippen LogP contribution in [0.3, 0.4) is 0 Å². The zero-order valence-electron chi connectivity index (χ0n) is 27.0. The fourth-order valence-electron chi connectivity index (χ4n) is 4.98. The van der Waals surface area contributed by atoms with Crippen LogP contribution in [0, 0.1) is 5.92 Å². The topological polar surface area (TPSA) is 196 Å². The molecule has 13 nitrogen and oxygen atoms in total. The summed E-state index contributed by atoms with van der Waals surface area (Å²) < 4.78 is 0. The van der Waals surface area contributed by atoms with Gasteiger partial charge in [0, 0.05) is 164 Å². The van der Waals surface area contributed by atoms with Crippen molar-refractivity contribution in [3.63, 3.8) is 0 Å². The van der Waals surface area contributed by atoms with E-state index in [-0.39, 0.29) is 0 Å². The number of hydrogen-bond donors (Lipinski definition) is 8. The van der Waals surface area contributed by atoms with Gasteiger partial charge in [0.05, 0.1) is 0 Å². The lowest BCUT2D eigenvalue weighted by Crippen LogP contribution is -2.47. The third-order valence-corrected chi connectivity index (χ3v) is 7.18. The maximum Gasteiger partial charge on any atom is 0.0110 e. The summed E-state index contributed by atoms with van der Waals surface area (Å²) in [5, 5.41) is 7.13. The first-order valence-electron chi connectivity index (χ1n) is 16.2. The molecule has 0 amide bonds. The average Bonchev–Trinajstić information content (AvgIpc) is 2.94. The Morgan fingerprint density at radius 1 is 0.366 bits per heavy atom. The van der Waals surface area contributed by atoms with Crippen molar-refractivity contribution in [2.45, 2.75) is 13.8 Å². The van der Waals surface area contributed by atoms with Gasteiger partial charge in [0.2, 0.25) is 0 Å². The predicted molar refractivity (Wildman–Crippen MR) is 177 cm³/mol. The molecule has 0 saturated carbocycles. The van der Waals surface area contributed by atoms with E-state index in [0.717, 1.165) is 124 Å². The van der Waals surface area contributed by atoms with E-state index in [1.807, 2.05) is 0 Å². The Bertz CT molecular complexity index is 517. The van der Waals surface area contributed by atoms with Gasteiger partial charge in [-0.05, 0) is 5.92 Å². The maximum atomic E-state index is 5.86. The third kappa shape index (κ3) is 24.6. The molecule has 14 N–H and O–H groups in total. The predicted octanol–water partition coefficient (Wildman–Crippen LogP) is -3.92. The molecular formula is C28H71N13. The summed E-state index contributed by atoms with van der Waals surface area (Å²) in [4.78, 5) is 12.3. The van der Waals surface area contributed by atoms with Crippen LogP contribution in [0.25, 0.3) is 0 Å². The molecule has 0 rings (SSSR count). The monoisotopic (exact) mass is 590 g/mol. The first-order valence-corrected chi connectivity index (χ1v) is 16.2. The van der Waals surface area contributed by atoms with Gasteiger partial charge in [0.1, 0.15) is 0 Å². The summed E-state index contributed by atoms with van der Waals surface area (Å²) in [6, 6.07) is 0. The minimum absolute atomic E-state index is 0.646. The molecule has 0 aliphatic heterocycles. The van der Waals surface area contributed by atoms with Crippen LogP contribution < -0.4 is 45.0 Å². The van der Waals surface area contributed by atoms with E-state index < -0.39 is 0 Å². The lowest BCUT2D eigenvalue weighted by molar-refractivity contribution is 0.164. The first-order chi connectivity index (χ1) is 19.9. The van der Waals surface area contributed by atoms with Gasteiger partial charge in [-0.25, -0.2) is 0 Å². The molecule has 0 heterocycles. The molecule has 0 aromatic carbocycles. The molecule has 0 atom stereocenters. The van der Waals surface area contributed by atoms with Crippen molar-refractivity contribution in [3.05, 3.63) is 0 Å². The second-order valence-electron chi connectivity index (χ2n) is 11.3. The number of hydrogen-bond acceptors (Lipinski definition) is 13. The van der Waals surface area contributed by atoms with Crippen LogP contribution in [0.5, 0.6) is 0 Å². The Morgan fingerprint density at radius 3 is 0.976 bits per heavy atom. The van der Waals surface area contributed by atoms with Crippen molar-refractivity contribution in [1.29, 1.82) is 0 Å². The van der Waals surface area contributed by atoms with E-state index in [9.17, 15) is 0 Å². The van der Waals surface area contributed by atoms with Crippen LogP contribution in [0.15, 0.2) is 0 Å². The van der Waals surface area contributed by atoms with Crippen molar-refractivity contribution in [2.75, 3.05) is 164 Å². The molecule has 0 bridgehead atoms. The average molecular weight is 590 g/mol. The molecule has 0 aliphatic rings.